The van der Waals surface area contributed by atoms with E-state index >= 15 is 0 Å². The summed E-state index contributed by atoms with van der Waals surface area (Å²) in [6.07, 6.45) is -5.02. The highest BCUT2D eigenvalue weighted by molar-refractivity contribution is 7.18. The lowest BCUT2D eigenvalue weighted by atomic mass is 10.1. The Bertz CT molecular complexity index is 1060. The Kier molecular flexibility index (Phi) is 8.57. The lowest BCUT2D eigenvalue weighted by Crippen LogP contribution is -2.22. The number of rotatable bonds is 8. The van der Waals surface area contributed by atoms with E-state index < -0.39 is 48.5 Å². The monoisotopic (exact) mass is 486 g/mol. The third-order valence-corrected chi connectivity index (χ3v) is 5.49. The summed E-state index contributed by atoms with van der Waals surface area (Å²) in [6, 6.07) is 4.19. The fourth-order valence-corrected chi connectivity index (χ4v) is 3.92. The quantitative estimate of drug-likeness (QED) is 0.554. The molecule has 33 heavy (non-hydrogen) atoms. The second-order valence-corrected chi connectivity index (χ2v) is 7.66. The first kappa shape index (κ1) is 25.8. The summed E-state index contributed by atoms with van der Waals surface area (Å²) < 4.78 is 48.2. The number of anilines is 1. The number of amides is 2. The van der Waals surface area contributed by atoms with Gasteiger partial charge in [0.1, 0.15) is 5.00 Å². The lowest BCUT2D eigenvalue weighted by molar-refractivity contribution is -0.146. The minimum absolute atomic E-state index is 0.00379. The number of esters is 2. The number of hydrogen-bond donors (Lipinski definition) is 2. The van der Waals surface area contributed by atoms with Crippen LogP contribution in [0.2, 0.25) is 0 Å². The van der Waals surface area contributed by atoms with Gasteiger partial charge in [-0.05, 0) is 31.0 Å². The third-order valence-electron chi connectivity index (χ3n) is 4.28. The van der Waals surface area contributed by atoms with Crippen LogP contribution in [0.15, 0.2) is 24.3 Å². The predicted octanol–water partition coefficient (Wildman–Crippen LogP) is 3.34. The van der Waals surface area contributed by atoms with Gasteiger partial charge in [-0.15, -0.1) is 11.3 Å². The molecule has 0 saturated carbocycles. The Morgan fingerprint density at radius 1 is 1.12 bits per heavy atom. The van der Waals surface area contributed by atoms with Crippen LogP contribution in [0, 0.1) is 6.92 Å². The van der Waals surface area contributed by atoms with E-state index in [4.69, 9.17) is 9.47 Å². The molecule has 0 unspecified atom stereocenters. The van der Waals surface area contributed by atoms with E-state index in [2.05, 4.69) is 10.6 Å². The van der Waals surface area contributed by atoms with Gasteiger partial charge >= 0.3 is 18.1 Å². The van der Waals surface area contributed by atoms with E-state index in [0.29, 0.717) is 5.56 Å². The summed E-state index contributed by atoms with van der Waals surface area (Å²) in [6.45, 7) is 2.45. The summed E-state index contributed by atoms with van der Waals surface area (Å²) in [5.41, 5.74) is -0.514. The van der Waals surface area contributed by atoms with Crippen molar-refractivity contribution in [1.29, 1.82) is 0 Å². The molecule has 0 aliphatic rings. The Morgan fingerprint density at radius 3 is 2.42 bits per heavy atom. The zero-order valence-electron chi connectivity index (χ0n) is 17.9. The van der Waals surface area contributed by atoms with Crippen molar-refractivity contribution in [2.45, 2.75) is 26.4 Å². The van der Waals surface area contributed by atoms with Crippen molar-refractivity contribution >= 4 is 40.1 Å². The van der Waals surface area contributed by atoms with Gasteiger partial charge < -0.3 is 20.1 Å². The van der Waals surface area contributed by atoms with Crippen molar-refractivity contribution in [3.63, 3.8) is 0 Å². The summed E-state index contributed by atoms with van der Waals surface area (Å²) in [7, 11) is 1.41. The minimum Gasteiger partial charge on any atom is -0.462 e. The van der Waals surface area contributed by atoms with Crippen molar-refractivity contribution in [3.05, 3.63) is 51.4 Å². The number of nitrogens with one attached hydrogen (secondary N) is 2. The van der Waals surface area contributed by atoms with Gasteiger partial charge in [0, 0.05) is 7.05 Å². The molecule has 1 aromatic heterocycles. The van der Waals surface area contributed by atoms with Crippen LogP contribution in [0.5, 0.6) is 0 Å². The number of carbonyl (C=O) groups is 4. The molecule has 0 bridgehead atoms. The van der Waals surface area contributed by atoms with Crippen LogP contribution in [0.3, 0.4) is 0 Å². The van der Waals surface area contributed by atoms with E-state index in [1.165, 1.54) is 20.0 Å². The van der Waals surface area contributed by atoms with Gasteiger partial charge in [-0.3, -0.25) is 14.4 Å². The highest BCUT2D eigenvalue weighted by Crippen LogP contribution is 2.34. The minimum atomic E-state index is -4.55. The maximum absolute atomic E-state index is 12.8. The zero-order chi connectivity index (χ0) is 24.8. The topological polar surface area (TPSA) is 111 Å². The molecule has 178 valence electrons. The average molecular weight is 486 g/mol. The first-order valence-electron chi connectivity index (χ1n) is 9.62. The molecule has 1 aromatic carbocycles. The number of alkyl halides is 3. The lowest BCUT2D eigenvalue weighted by Gasteiger charge is -2.09. The molecular weight excluding hydrogens is 465 g/mol. The maximum atomic E-state index is 12.8. The molecule has 0 fully saturated rings. The molecule has 0 aliphatic carbocycles. The van der Waals surface area contributed by atoms with Gasteiger partial charge in [0.15, 0.2) is 6.61 Å². The number of thiophene rings is 1. The molecule has 0 aliphatic heterocycles. The molecular formula is C21H21F3N2O6S. The fraction of sp³-hybridized carbons (Fsp3) is 0.333. The van der Waals surface area contributed by atoms with E-state index in [9.17, 15) is 32.3 Å². The molecule has 1 heterocycles. The summed E-state index contributed by atoms with van der Waals surface area (Å²) in [5.74, 6) is -2.92. The molecule has 2 amide bonds. The summed E-state index contributed by atoms with van der Waals surface area (Å²) >= 11 is 0.850. The predicted molar refractivity (Wildman–Crippen MR) is 113 cm³/mol. The van der Waals surface area contributed by atoms with Gasteiger partial charge in [0.2, 0.25) is 0 Å². The number of ether oxygens (including phenoxy) is 2. The van der Waals surface area contributed by atoms with Crippen molar-refractivity contribution in [2.24, 2.45) is 0 Å². The molecule has 2 rings (SSSR count). The van der Waals surface area contributed by atoms with Crippen molar-refractivity contribution in [2.75, 3.05) is 25.6 Å². The second-order valence-electron chi connectivity index (χ2n) is 6.64. The molecule has 2 N–H and O–H groups in total. The Balaban J connectivity index is 2.06. The van der Waals surface area contributed by atoms with Gasteiger partial charge in [-0.1, -0.05) is 18.2 Å². The average Bonchev–Trinajstić information content (AvgIpc) is 3.07. The van der Waals surface area contributed by atoms with Gasteiger partial charge in [-0.2, -0.15) is 13.2 Å². The van der Waals surface area contributed by atoms with Crippen LogP contribution < -0.4 is 10.6 Å². The second kappa shape index (κ2) is 10.9. The van der Waals surface area contributed by atoms with Gasteiger partial charge in [-0.25, -0.2) is 4.79 Å². The highest BCUT2D eigenvalue weighted by Gasteiger charge is 2.30. The van der Waals surface area contributed by atoms with Crippen LogP contribution in [0.25, 0.3) is 0 Å². The SMILES string of the molecule is CCOC(=O)c1c(NC(=O)COC(=O)Cc2cccc(C(F)(F)F)c2)sc(C(=O)NC)c1C. The van der Waals surface area contributed by atoms with Crippen molar-refractivity contribution < 1.29 is 41.8 Å². The van der Waals surface area contributed by atoms with Crippen LogP contribution in [0.4, 0.5) is 18.2 Å². The Morgan fingerprint density at radius 2 is 1.82 bits per heavy atom. The number of carbonyl (C=O) groups excluding carboxylic acids is 4. The van der Waals surface area contributed by atoms with Crippen LogP contribution >= 0.6 is 11.3 Å². The van der Waals surface area contributed by atoms with Crippen molar-refractivity contribution in [3.8, 4) is 0 Å². The summed E-state index contributed by atoms with van der Waals surface area (Å²) in [4.78, 5) is 48.8. The van der Waals surface area contributed by atoms with Crippen LogP contribution in [0.1, 0.15) is 43.6 Å². The van der Waals surface area contributed by atoms with Crippen molar-refractivity contribution in [1.82, 2.24) is 5.32 Å². The molecule has 0 radical (unpaired) electrons. The zero-order valence-corrected chi connectivity index (χ0v) is 18.7. The first-order valence-corrected chi connectivity index (χ1v) is 10.4. The number of halogens is 3. The molecule has 2 aromatic rings. The molecule has 0 spiro atoms. The standard InChI is InChI=1S/C21H21F3N2O6S/c1-4-31-20(30)16-11(2)17(18(29)25-3)33-19(16)26-14(27)10-32-15(28)9-12-6-5-7-13(8-12)21(22,23)24/h5-8H,4,9-10H2,1-3H3,(H,25,29)(H,26,27). The van der Waals surface area contributed by atoms with Crippen LogP contribution in [-0.4, -0.2) is 44.0 Å². The van der Waals surface area contributed by atoms with E-state index in [0.717, 1.165) is 29.5 Å². The first-order chi connectivity index (χ1) is 15.5. The normalized spacial score (nSPS) is 11.0. The van der Waals surface area contributed by atoms with Crippen LogP contribution in [-0.2, 0) is 31.7 Å². The molecule has 12 heteroatoms. The van der Waals surface area contributed by atoms with Gasteiger partial charge in [0.05, 0.1) is 29.0 Å². The largest absolute Gasteiger partial charge is 0.462 e. The smallest absolute Gasteiger partial charge is 0.416 e. The van der Waals surface area contributed by atoms with Gasteiger partial charge in [0.25, 0.3) is 11.8 Å². The molecule has 8 nitrogen and oxygen atoms in total. The highest BCUT2D eigenvalue weighted by atomic mass is 32.1. The summed E-state index contributed by atoms with van der Waals surface area (Å²) in [5, 5.41) is 4.89. The van der Waals surface area contributed by atoms with E-state index in [-0.39, 0.29) is 27.6 Å². The molecule has 0 atom stereocenters. The number of benzene rings is 1. The Labute approximate surface area is 191 Å². The molecule has 0 saturated heterocycles. The third kappa shape index (κ3) is 6.78. The van der Waals surface area contributed by atoms with E-state index in [1.807, 2.05) is 0 Å². The fourth-order valence-electron chi connectivity index (χ4n) is 2.76. The number of hydrogen-bond acceptors (Lipinski definition) is 7. The Hall–Kier alpha value is -3.41. The maximum Gasteiger partial charge on any atom is 0.416 e. The van der Waals surface area contributed by atoms with E-state index in [1.54, 1.807) is 6.92 Å².